The van der Waals surface area contributed by atoms with Crippen molar-refractivity contribution in [3.8, 4) is 0 Å². The zero-order valence-corrected chi connectivity index (χ0v) is 12.4. The average Bonchev–Trinajstić information content (AvgIpc) is 2.33. The second-order valence-corrected chi connectivity index (χ2v) is 5.82. The topological polar surface area (TPSA) is 75.0 Å². The smallest absolute Gasteiger partial charge is 0.276 e. The van der Waals surface area contributed by atoms with Crippen molar-refractivity contribution in [1.82, 2.24) is 9.97 Å². The van der Waals surface area contributed by atoms with E-state index in [1.54, 1.807) is 0 Å². The van der Waals surface area contributed by atoms with Gasteiger partial charge in [-0.15, -0.1) is 0 Å². The predicted molar refractivity (Wildman–Crippen MR) is 80.4 cm³/mol. The minimum atomic E-state index is -0.260. The first-order valence-electron chi connectivity index (χ1n) is 7.00. The summed E-state index contributed by atoms with van der Waals surface area (Å²) in [6.45, 7) is 10.5. The van der Waals surface area contributed by atoms with Gasteiger partial charge in [0.2, 0.25) is 0 Å². The molecule has 1 rings (SSSR count). The van der Waals surface area contributed by atoms with E-state index < -0.39 is 0 Å². The number of nitrogens with two attached hydrogens (primary N) is 1. The molecule has 3 N–H and O–H groups in total. The van der Waals surface area contributed by atoms with E-state index in [0.717, 1.165) is 25.9 Å². The van der Waals surface area contributed by atoms with Crippen LogP contribution in [0, 0.1) is 11.8 Å². The van der Waals surface area contributed by atoms with Crippen molar-refractivity contribution in [1.29, 1.82) is 0 Å². The zero-order chi connectivity index (χ0) is 14.4. The molecule has 108 valence electrons. The van der Waals surface area contributed by atoms with Crippen molar-refractivity contribution in [2.24, 2.45) is 11.8 Å². The van der Waals surface area contributed by atoms with Crippen LogP contribution < -0.4 is 16.2 Å². The van der Waals surface area contributed by atoms with E-state index in [2.05, 4.69) is 42.6 Å². The normalized spacial score (nSPS) is 11.3. The van der Waals surface area contributed by atoms with Gasteiger partial charge in [0, 0.05) is 13.1 Å². The van der Waals surface area contributed by atoms with E-state index in [0.29, 0.717) is 17.7 Å². The van der Waals surface area contributed by atoms with Crippen molar-refractivity contribution in [3.63, 3.8) is 0 Å². The fourth-order valence-corrected chi connectivity index (χ4v) is 1.80. The zero-order valence-electron chi connectivity index (χ0n) is 12.4. The number of nitrogens with one attached hydrogen (secondary N) is 1. The lowest BCUT2D eigenvalue weighted by Crippen LogP contribution is -2.31. The third-order valence-electron chi connectivity index (χ3n) is 3.12. The van der Waals surface area contributed by atoms with Gasteiger partial charge >= 0.3 is 0 Å². The molecule has 1 aromatic rings. The lowest BCUT2D eigenvalue weighted by molar-refractivity contribution is 0.533. The Labute approximate surface area is 115 Å². The molecule has 19 heavy (non-hydrogen) atoms. The lowest BCUT2D eigenvalue weighted by atomic mass is 10.1. The fourth-order valence-electron chi connectivity index (χ4n) is 1.80. The maximum atomic E-state index is 11.6. The Kier molecular flexibility index (Phi) is 5.86. The first-order chi connectivity index (χ1) is 8.91. The van der Waals surface area contributed by atoms with Gasteiger partial charge in [0.1, 0.15) is 5.69 Å². The van der Waals surface area contributed by atoms with E-state index in [-0.39, 0.29) is 11.2 Å². The Hall–Kier alpha value is -1.52. The fraction of sp³-hybridized carbons (Fsp3) is 0.714. The number of aromatic amines is 1. The van der Waals surface area contributed by atoms with Gasteiger partial charge in [0.05, 0.1) is 6.33 Å². The van der Waals surface area contributed by atoms with Crippen molar-refractivity contribution in [2.45, 2.75) is 40.5 Å². The summed E-state index contributed by atoms with van der Waals surface area (Å²) in [6, 6.07) is 0. The second kappa shape index (κ2) is 7.16. The molecule has 0 fully saturated rings. The van der Waals surface area contributed by atoms with Gasteiger partial charge in [0.15, 0.2) is 5.82 Å². The third kappa shape index (κ3) is 4.93. The van der Waals surface area contributed by atoms with E-state index >= 15 is 0 Å². The quantitative estimate of drug-likeness (QED) is 0.793. The van der Waals surface area contributed by atoms with Crippen molar-refractivity contribution < 1.29 is 0 Å². The molecule has 0 radical (unpaired) electrons. The molecule has 0 aliphatic rings. The highest BCUT2D eigenvalue weighted by atomic mass is 16.1. The van der Waals surface area contributed by atoms with Crippen molar-refractivity contribution in [2.75, 3.05) is 23.7 Å². The van der Waals surface area contributed by atoms with Gasteiger partial charge in [-0.25, -0.2) is 4.98 Å². The van der Waals surface area contributed by atoms with Crippen molar-refractivity contribution in [3.05, 3.63) is 16.7 Å². The van der Waals surface area contributed by atoms with Gasteiger partial charge in [-0.2, -0.15) is 0 Å². The van der Waals surface area contributed by atoms with E-state index in [4.69, 9.17) is 5.73 Å². The molecule has 1 aromatic heterocycles. The molecular weight excluding hydrogens is 240 g/mol. The van der Waals surface area contributed by atoms with Crippen LogP contribution in [0.3, 0.4) is 0 Å². The minimum Gasteiger partial charge on any atom is -0.391 e. The maximum Gasteiger partial charge on any atom is 0.276 e. The molecule has 5 heteroatoms. The second-order valence-electron chi connectivity index (χ2n) is 5.82. The Morgan fingerprint density at radius 1 is 1.21 bits per heavy atom. The number of nitrogen functional groups attached to an aromatic ring is 1. The van der Waals surface area contributed by atoms with Gasteiger partial charge in [-0.1, -0.05) is 27.7 Å². The van der Waals surface area contributed by atoms with E-state index in [1.165, 1.54) is 6.33 Å². The Bertz CT molecular complexity index is 427. The Morgan fingerprint density at radius 2 is 1.74 bits per heavy atom. The van der Waals surface area contributed by atoms with Crippen molar-refractivity contribution >= 4 is 11.5 Å². The summed E-state index contributed by atoms with van der Waals surface area (Å²) in [5.41, 5.74) is 5.81. The molecule has 0 saturated carbocycles. The van der Waals surface area contributed by atoms with Crippen LogP contribution in [-0.4, -0.2) is 23.1 Å². The predicted octanol–water partition coefficient (Wildman–Crippen LogP) is 2.25. The number of hydrogen-bond acceptors (Lipinski definition) is 4. The number of nitrogens with zero attached hydrogens (tertiary/aromatic N) is 2. The van der Waals surface area contributed by atoms with Crippen LogP contribution in [-0.2, 0) is 0 Å². The number of hydrogen-bond donors (Lipinski definition) is 2. The first-order valence-corrected chi connectivity index (χ1v) is 7.00. The molecule has 0 bridgehead atoms. The number of aromatic nitrogens is 2. The largest absolute Gasteiger partial charge is 0.391 e. The molecule has 1 heterocycles. The highest BCUT2D eigenvalue weighted by Gasteiger charge is 2.14. The summed E-state index contributed by atoms with van der Waals surface area (Å²) in [7, 11) is 0. The highest BCUT2D eigenvalue weighted by molar-refractivity contribution is 5.60. The van der Waals surface area contributed by atoms with Crippen LogP contribution in [0.4, 0.5) is 11.5 Å². The van der Waals surface area contributed by atoms with Crippen LogP contribution >= 0.6 is 0 Å². The number of rotatable bonds is 7. The van der Waals surface area contributed by atoms with Crippen LogP contribution in [0.15, 0.2) is 11.1 Å². The van der Waals surface area contributed by atoms with E-state index in [1.807, 2.05) is 0 Å². The van der Waals surface area contributed by atoms with Crippen LogP contribution in [0.2, 0.25) is 0 Å². The molecule has 0 aromatic carbocycles. The van der Waals surface area contributed by atoms with Crippen LogP contribution in [0.25, 0.3) is 0 Å². The summed E-state index contributed by atoms with van der Waals surface area (Å²) in [5, 5.41) is 0. The SMILES string of the molecule is CC(C)CCN(CCC(C)C)c1nc[nH]c(=O)c1N. The molecule has 0 spiro atoms. The Balaban J connectivity index is 2.87. The summed E-state index contributed by atoms with van der Waals surface area (Å²) < 4.78 is 0. The molecule has 0 aliphatic heterocycles. The molecule has 0 saturated heterocycles. The van der Waals surface area contributed by atoms with Gasteiger partial charge in [-0.05, 0) is 24.7 Å². The van der Waals surface area contributed by atoms with E-state index in [9.17, 15) is 4.79 Å². The van der Waals surface area contributed by atoms with Gasteiger partial charge in [-0.3, -0.25) is 4.79 Å². The standard InChI is InChI=1S/C14H26N4O/c1-10(2)5-7-18(8-6-11(3)4)13-12(15)14(19)17-9-16-13/h9-11H,5-8,15H2,1-4H3,(H,16,17,19). The Morgan fingerprint density at radius 3 is 2.21 bits per heavy atom. The molecule has 0 atom stereocenters. The third-order valence-corrected chi connectivity index (χ3v) is 3.12. The maximum absolute atomic E-state index is 11.6. The average molecular weight is 266 g/mol. The first kappa shape index (κ1) is 15.5. The molecule has 0 amide bonds. The van der Waals surface area contributed by atoms with Crippen LogP contribution in [0.5, 0.6) is 0 Å². The highest BCUT2D eigenvalue weighted by Crippen LogP contribution is 2.18. The molecule has 5 nitrogen and oxygen atoms in total. The molecule has 0 aliphatic carbocycles. The number of anilines is 2. The molecule has 0 unspecified atom stereocenters. The summed E-state index contributed by atoms with van der Waals surface area (Å²) in [6.07, 6.45) is 3.55. The number of H-pyrrole nitrogens is 1. The molecular formula is C14H26N4O. The summed E-state index contributed by atoms with van der Waals surface area (Å²) in [5.74, 6) is 1.85. The minimum absolute atomic E-state index is 0.218. The monoisotopic (exact) mass is 266 g/mol. The lowest BCUT2D eigenvalue weighted by Gasteiger charge is -2.26. The van der Waals surface area contributed by atoms with Gasteiger partial charge < -0.3 is 15.6 Å². The van der Waals surface area contributed by atoms with Crippen LogP contribution in [0.1, 0.15) is 40.5 Å². The van der Waals surface area contributed by atoms with Gasteiger partial charge in [0.25, 0.3) is 5.56 Å². The summed E-state index contributed by atoms with van der Waals surface area (Å²) >= 11 is 0. The summed E-state index contributed by atoms with van der Waals surface area (Å²) in [4.78, 5) is 20.4.